The van der Waals surface area contributed by atoms with E-state index in [4.69, 9.17) is 16.3 Å². The Labute approximate surface area is 101 Å². The van der Waals surface area contributed by atoms with Crippen molar-refractivity contribution in [2.45, 2.75) is 13.5 Å². The third kappa shape index (κ3) is 5.03. The normalized spacial score (nSPS) is 11.9. The van der Waals surface area contributed by atoms with Crippen LogP contribution in [0.2, 0.25) is 0 Å². The summed E-state index contributed by atoms with van der Waals surface area (Å²) in [5.41, 5.74) is 0.975. The molecule has 0 radical (unpaired) electrons. The van der Waals surface area contributed by atoms with E-state index >= 15 is 0 Å². The molecule has 0 aliphatic heterocycles. The molecular weight excluding hydrogens is 226 g/mol. The predicted octanol–water partition coefficient (Wildman–Crippen LogP) is 2.79. The molecule has 0 fully saturated rings. The number of amides is 1. The fraction of sp³-hybridized carbons (Fsp3) is 0.417. The van der Waals surface area contributed by atoms with E-state index in [9.17, 15) is 4.79 Å². The van der Waals surface area contributed by atoms with Gasteiger partial charge in [0.2, 0.25) is 0 Å². The molecule has 0 saturated carbocycles. The van der Waals surface area contributed by atoms with E-state index in [1.54, 1.807) is 0 Å². The fourth-order valence-electron chi connectivity index (χ4n) is 1.09. The number of alkyl halides is 1. The van der Waals surface area contributed by atoms with E-state index in [1.807, 2.05) is 37.3 Å². The lowest BCUT2D eigenvalue weighted by atomic mass is 10.2. The first-order chi connectivity index (χ1) is 7.72. The summed E-state index contributed by atoms with van der Waals surface area (Å²) in [4.78, 5) is 11.3. The number of carbonyl (C=O) groups is 1. The Bertz CT molecular complexity index is 316. The lowest BCUT2D eigenvalue weighted by Crippen LogP contribution is -2.29. The standard InChI is InChI=1S/C12H16ClNO2/c1-10(7-13)8-14-12(15)16-9-11-5-3-2-4-6-11/h2-6,10H,7-9H2,1H3,(H,14,15). The minimum absolute atomic E-state index is 0.256. The van der Waals surface area contributed by atoms with Gasteiger partial charge in [-0.1, -0.05) is 37.3 Å². The zero-order chi connectivity index (χ0) is 11.8. The Morgan fingerprint density at radius 3 is 2.75 bits per heavy atom. The van der Waals surface area contributed by atoms with Crippen LogP contribution >= 0.6 is 11.6 Å². The molecule has 88 valence electrons. The summed E-state index contributed by atoms with van der Waals surface area (Å²) < 4.78 is 5.03. The Morgan fingerprint density at radius 1 is 1.44 bits per heavy atom. The summed E-state index contributed by atoms with van der Waals surface area (Å²) >= 11 is 5.62. The SMILES string of the molecule is CC(CCl)CNC(=O)OCc1ccccc1. The molecule has 16 heavy (non-hydrogen) atoms. The zero-order valence-corrected chi connectivity index (χ0v) is 10.0. The number of ether oxygens (including phenoxy) is 1. The summed E-state index contributed by atoms with van der Waals surface area (Å²) in [7, 11) is 0. The average Bonchev–Trinajstić information content (AvgIpc) is 2.34. The molecule has 1 rings (SSSR count). The number of halogens is 1. The molecule has 0 saturated heterocycles. The molecule has 0 spiro atoms. The Morgan fingerprint density at radius 2 is 2.12 bits per heavy atom. The molecule has 1 aromatic carbocycles. The molecule has 3 nitrogen and oxygen atoms in total. The van der Waals surface area contributed by atoms with Crippen LogP contribution in [0.25, 0.3) is 0 Å². The molecule has 0 heterocycles. The van der Waals surface area contributed by atoms with Gasteiger partial charge in [0, 0.05) is 12.4 Å². The molecule has 0 aliphatic carbocycles. The summed E-state index contributed by atoms with van der Waals surface area (Å²) in [5, 5.41) is 2.66. The van der Waals surface area contributed by atoms with Crippen LogP contribution in [0.4, 0.5) is 4.79 Å². The predicted molar refractivity (Wildman–Crippen MR) is 64.5 cm³/mol. The van der Waals surface area contributed by atoms with Gasteiger partial charge < -0.3 is 10.1 Å². The minimum atomic E-state index is -0.402. The van der Waals surface area contributed by atoms with Crippen molar-refractivity contribution in [1.82, 2.24) is 5.32 Å². The molecule has 1 unspecified atom stereocenters. The van der Waals surface area contributed by atoms with Crippen molar-refractivity contribution >= 4 is 17.7 Å². The number of nitrogens with one attached hydrogen (secondary N) is 1. The van der Waals surface area contributed by atoms with Gasteiger partial charge in [0.25, 0.3) is 0 Å². The number of alkyl carbamates (subject to hydrolysis) is 1. The summed E-state index contributed by atoms with van der Waals surface area (Å²) in [6.45, 7) is 2.80. The van der Waals surface area contributed by atoms with Crippen molar-refractivity contribution in [3.8, 4) is 0 Å². The number of hydrogen-bond acceptors (Lipinski definition) is 2. The minimum Gasteiger partial charge on any atom is -0.445 e. The van der Waals surface area contributed by atoms with Crippen molar-refractivity contribution in [2.75, 3.05) is 12.4 Å². The molecule has 1 atom stereocenters. The largest absolute Gasteiger partial charge is 0.445 e. The van der Waals surface area contributed by atoms with Crippen LogP contribution in [0.3, 0.4) is 0 Å². The van der Waals surface area contributed by atoms with E-state index in [1.165, 1.54) is 0 Å². The number of rotatable bonds is 5. The number of hydrogen-bond donors (Lipinski definition) is 1. The quantitative estimate of drug-likeness (QED) is 0.805. The van der Waals surface area contributed by atoms with Gasteiger partial charge in [0.05, 0.1) is 0 Å². The maximum atomic E-state index is 11.3. The van der Waals surface area contributed by atoms with Crippen LogP contribution < -0.4 is 5.32 Å². The van der Waals surface area contributed by atoms with Crippen molar-refractivity contribution in [3.05, 3.63) is 35.9 Å². The summed E-state index contributed by atoms with van der Waals surface area (Å²) in [5.74, 6) is 0.782. The first-order valence-electron chi connectivity index (χ1n) is 5.23. The van der Waals surface area contributed by atoms with E-state index < -0.39 is 6.09 Å². The van der Waals surface area contributed by atoms with Crippen LogP contribution in [0.5, 0.6) is 0 Å². The fourth-order valence-corrected chi connectivity index (χ4v) is 1.20. The van der Waals surface area contributed by atoms with E-state index in [2.05, 4.69) is 5.32 Å². The third-order valence-corrected chi connectivity index (χ3v) is 2.60. The number of carbonyl (C=O) groups excluding carboxylic acids is 1. The second kappa shape index (κ2) is 7.12. The highest BCUT2D eigenvalue weighted by Gasteiger charge is 2.05. The first kappa shape index (κ1) is 12.8. The van der Waals surface area contributed by atoms with Gasteiger partial charge in [-0.05, 0) is 11.5 Å². The maximum absolute atomic E-state index is 11.3. The second-order valence-electron chi connectivity index (χ2n) is 3.70. The lowest BCUT2D eigenvalue weighted by Gasteiger charge is -2.09. The van der Waals surface area contributed by atoms with Crippen LogP contribution in [0, 0.1) is 5.92 Å². The van der Waals surface area contributed by atoms with Crippen LogP contribution in [-0.4, -0.2) is 18.5 Å². The Balaban J connectivity index is 2.20. The Hall–Kier alpha value is -1.22. The van der Waals surface area contributed by atoms with Crippen LogP contribution in [0.1, 0.15) is 12.5 Å². The van der Waals surface area contributed by atoms with Crippen molar-refractivity contribution in [1.29, 1.82) is 0 Å². The van der Waals surface area contributed by atoms with Gasteiger partial charge in [-0.25, -0.2) is 4.79 Å². The summed E-state index contributed by atoms with van der Waals surface area (Å²) in [6, 6.07) is 9.56. The lowest BCUT2D eigenvalue weighted by molar-refractivity contribution is 0.138. The smallest absolute Gasteiger partial charge is 0.407 e. The molecule has 1 aromatic rings. The van der Waals surface area contributed by atoms with Crippen LogP contribution in [-0.2, 0) is 11.3 Å². The average molecular weight is 242 g/mol. The van der Waals surface area contributed by atoms with Crippen molar-refractivity contribution < 1.29 is 9.53 Å². The van der Waals surface area contributed by atoms with Gasteiger partial charge in [-0.15, -0.1) is 11.6 Å². The van der Waals surface area contributed by atoms with Crippen molar-refractivity contribution in [2.24, 2.45) is 5.92 Å². The first-order valence-corrected chi connectivity index (χ1v) is 5.76. The monoisotopic (exact) mass is 241 g/mol. The Kier molecular flexibility index (Phi) is 5.72. The number of benzene rings is 1. The van der Waals surface area contributed by atoms with Gasteiger partial charge in [-0.2, -0.15) is 0 Å². The van der Waals surface area contributed by atoms with Gasteiger partial charge >= 0.3 is 6.09 Å². The topological polar surface area (TPSA) is 38.3 Å². The molecule has 1 amide bonds. The van der Waals surface area contributed by atoms with E-state index in [0.29, 0.717) is 19.0 Å². The highest BCUT2D eigenvalue weighted by atomic mass is 35.5. The van der Waals surface area contributed by atoms with Crippen molar-refractivity contribution in [3.63, 3.8) is 0 Å². The molecule has 0 aliphatic rings. The molecule has 1 N–H and O–H groups in total. The maximum Gasteiger partial charge on any atom is 0.407 e. The third-order valence-electron chi connectivity index (χ3n) is 2.07. The zero-order valence-electron chi connectivity index (χ0n) is 9.28. The van der Waals surface area contributed by atoms with Gasteiger partial charge in [0.15, 0.2) is 0 Å². The molecule has 0 aromatic heterocycles. The van der Waals surface area contributed by atoms with Crippen LogP contribution in [0.15, 0.2) is 30.3 Å². The highest BCUT2D eigenvalue weighted by Crippen LogP contribution is 2.01. The van der Waals surface area contributed by atoms with E-state index in [0.717, 1.165) is 5.56 Å². The highest BCUT2D eigenvalue weighted by molar-refractivity contribution is 6.18. The summed E-state index contributed by atoms with van der Waals surface area (Å²) in [6.07, 6.45) is -0.402. The molecule has 0 bridgehead atoms. The molecule has 4 heteroatoms. The van der Waals surface area contributed by atoms with E-state index in [-0.39, 0.29) is 5.92 Å². The van der Waals surface area contributed by atoms with Gasteiger partial charge in [0.1, 0.15) is 6.61 Å². The molecular formula is C12H16ClNO2. The van der Waals surface area contributed by atoms with Gasteiger partial charge in [-0.3, -0.25) is 0 Å². The second-order valence-corrected chi connectivity index (χ2v) is 4.01.